The van der Waals surface area contributed by atoms with E-state index in [1.807, 2.05) is 0 Å². The molecule has 0 N–H and O–H groups in total. The number of nitrogens with zero attached hydrogens (tertiary/aromatic N) is 2. The number of aromatic nitrogens is 2. The molecule has 1 heterocycles. The van der Waals surface area contributed by atoms with E-state index < -0.39 is 17.7 Å². The number of hydrogen-bond acceptors (Lipinski definition) is 3. The smallest absolute Gasteiger partial charge is 0.418 e. The summed E-state index contributed by atoms with van der Waals surface area (Å²) in [5, 5.41) is 3.91. The molecule has 0 radical (unpaired) electrons. The molecule has 0 aliphatic heterocycles. The predicted molar refractivity (Wildman–Crippen MR) is 69.3 cm³/mol. The highest BCUT2D eigenvalue weighted by molar-refractivity contribution is 5.87. The van der Waals surface area contributed by atoms with E-state index in [9.17, 15) is 18.0 Å². The quantitative estimate of drug-likeness (QED) is 0.816. The molecular formula is C14H13F3N2O2. The van der Waals surface area contributed by atoms with Gasteiger partial charge in [-0.3, -0.25) is 0 Å². The van der Waals surface area contributed by atoms with Crippen LogP contribution in [0.4, 0.5) is 13.2 Å². The van der Waals surface area contributed by atoms with Gasteiger partial charge in [0.1, 0.15) is 0 Å². The third-order valence-corrected chi connectivity index (χ3v) is 2.81. The molecule has 0 spiro atoms. The van der Waals surface area contributed by atoms with Crippen LogP contribution in [0.1, 0.15) is 28.7 Å². The summed E-state index contributed by atoms with van der Waals surface area (Å²) in [6.07, 6.45) is -4.50. The van der Waals surface area contributed by atoms with Crippen molar-refractivity contribution in [2.75, 3.05) is 6.61 Å². The maximum absolute atomic E-state index is 13.0. The lowest BCUT2D eigenvalue weighted by molar-refractivity contribution is -0.137. The first kappa shape index (κ1) is 15.1. The number of carbonyl (C=O) groups is 1. The number of benzene rings is 1. The summed E-state index contributed by atoms with van der Waals surface area (Å²) in [6, 6.07) is 6.45. The van der Waals surface area contributed by atoms with E-state index >= 15 is 0 Å². The Morgan fingerprint density at radius 3 is 2.62 bits per heavy atom. The van der Waals surface area contributed by atoms with E-state index in [1.54, 1.807) is 13.8 Å². The molecule has 0 saturated heterocycles. The van der Waals surface area contributed by atoms with Gasteiger partial charge in [-0.1, -0.05) is 12.1 Å². The van der Waals surface area contributed by atoms with Crippen LogP contribution < -0.4 is 0 Å². The van der Waals surface area contributed by atoms with Gasteiger partial charge in [0.15, 0.2) is 5.69 Å². The molecule has 112 valence electrons. The Bertz CT molecular complexity index is 662. The lowest BCUT2D eigenvalue weighted by Gasteiger charge is -2.13. The average molecular weight is 298 g/mol. The van der Waals surface area contributed by atoms with E-state index in [-0.39, 0.29) is 18.0 Å². The predicted octanol–water partition coefficient (Wildman–Crippen LogP) is 3.38. The molecule has 0 saturated carbocycles. The van der Waals surface area contributed by atoms with Gasteiger partial charge in [-0.15, -0.1) is 0 Å². The highest BCUT2D eigenvalue weighted by Gasteiger charge is 2.34. The zero-order chi connectivity index (χ0) is 15.6. The van der Waals surface area contributed by atoms with E-state index in [1.165, 1.54) is 24.3 Å². The fraction of sp³-hybridized carbons (Fsp3) is 0.286. The molecule has 0 bridgehead atoms. The number of halogens is 3. The van der Waals surface area contributed by atoms with Gasteiger partial charge in [0, 0.05) is 5.69 Å². The molecule has 1 aromatic heterocycles. The van der Waals surface area contributed by atoms with Gasteiger partial charge in [-0.2, -0.15) is 18.3 Å². The zero-order valence-electron chi connectivity index (χ0n) is 11.4. The highest BCUT2D eigenvalue weighted by Crippen LogP contribution is 2.33. The monoisotopic (exact) mass is 298 g/mol. The number of aryl methyl sites for hydroxylation is 1. The number of alkyl halides is 3. The molecule has 21 heavy (non-hydrogen) atoms. The molecule has 7 heteroatoms. The molecule has 0 amide bonds. The van der Waals surface area contributed by atoms with Crippen molar-refractivity contribution in [3.05, 3.63) is 47.3 Å². The average Bonchev–Trinajstić information content (AvgIpc) is 2.80. The number of rotatable bonds is 3. The van der Waals surface area contributed by atoms with Crippen molar-refractivity contribution in [1.82, 2.24) is 9.78 Å². The SMILES string of the molecule is CCOC(=O)c1cc(C)n(-c2ccccc2C(F)(F)F)n1. The normalized spacial score (nSPS) is 11.5. The highest BCUT2D eigenvalue weighted by atomic mass is 19.4. The van der Waals surface area contributed by atoms with Crippen molar-refractivity contribution in [2.45, 2.75) is 20.0 Å². The van der Waals surface area contributed by atoms with Gasteiger partial charge >= 0.3 is 12.1 Å². The Labute approximate surface area is 119 Å². The Morgan fingerprint density at radius 2 is 2.00 bits per heavy atom. The Morgan fingerprint density at radius 1 is 1.33 bits per heavy atom. The van der Waals surface area contributed by atoms with E-state index in [4.69, 9.17) is 4.74 Å². The summed E-state index contributed by atoms with van der Waals surface area (Å²) in [7, 11) is 0. The van der Waals surface area contributed by atoms with Crippen LogP contribution in [0.15, 0.2) is 30.3 Å². The topological polar surface area (TPSA) is 44.1 Å². The summed E-state index contributed by atoms with van der Waals surface area (Å²) in [5.74, 6) is -0.663. The molecule has 0 atom stereocenters. The number of para-hydroxylation sites is 1. The summed E-state index contributed by atoms with van der Waals surface area (Å²) in [6.45, 7) is 3.38. The van der Waals surface area contributed by atoms with Crippen LogP contribution in [0, 0.1) is 6.92 Å². The molecule has 0 fully saturated rings. The first-order valence-electron chi connectivity index (χ1n) is 6.25. The van der Waals surface area contributed by atoms with Crippen molar-refractivity contribution in [1.29, 1.82) is 0 Å². The zero-order valence-corrected chi connectivity index (χ0v) is 11.4. The van der Waals surface area contributed by atoms with Gasteiger partial charge in [0.2, 0.25) is 0 Å². The Kier molecular flexibility index (Phi) is 4.02. The molecule has 0 unspecified atom stereocenters. The largest absolute Gasteiger partial charge is 0.461 e. The van der Waals surface area contributed by atoms with Crippen molar-refractivity contribution in [2.24, 2.45) is 0 Å². The summed E-state index contributed by atoms with van der Waals surface area (Å²) >= 11 is 0. The van der Waals surface area contributed by atoms with E-state index in [0.717, 1.165) is 10.7 Å². The molecule has 2 rings (SSSR count). The lowest BCUT2D eigenvalue weighted by Crippen LogP contribution is -2.13. The first-order valence-corrected chi connectivity index (χ1v) is 6.25. The molecule has 2 aromatic rings. The summed E-state index contributed by atoms with van der Waals surface area (Å²) in [4.78, 5) is 11.6. The maximum atomic E-state index is 13.0. The van der Waals surface area contributed by atoms with Crippen LogP contribution in [0.25, 0.3) is 5.69 Å². The Balaban J connectivity index is 2.51. The van der Waals surface area contributed by atoms with E-state index in [0.29, 0.717) is 5.69 Å². The second-order valence-electron chi connectivity index (χ2n) is 4.32. The minimum absolute atomic E-state index is 0.0219. The Hall–Kier alpha value is -2.31. The van der Waals surface area contributed by atoms with Crippen LogP contribution in [-0.4, -0.2) is 22.4 Å². The third-order valence-electron chi connectivity index (χ3n) is 2.81. The minimum Gasteiger partial charge on any atom is -0.461 e. The fourth-order valence-corrected chi connectivity index (χ4v) is 1.92. The van der Waals surface area contributed by atoms with Gasteiger partial charge in [0.25, 0.3) is 0 Å². The van der Waals surface area contributed by atoms with Gasteiger partial charge in [-0.25, -0.2) is 9.48 Å². The van der Waals surface area contributed by atoms with Crippen LogP contribution in [0.2, 0.25) is 0 Å². The first-order chi connectivity index (χ1) is 9.84. The molecule has 0 aliphatic carbocycles. The van der Waals surface area contributed by atoms with Crippen LogP contribution in [0.5, 0.6) is 0 Å². The number of ether oxygens (including phenoxy) is 1. The van der Waals surface area contributed by atoms with Crippen molar-refractivity contribution < 1.29 is 22.7 Å². The minimum atomic E-state index is -4.50. The molecule has 0 aliphatic rings. The molecule has 1 aromatic carbocycles. The summed E-state index contributed by atoms with van der Waals surface area (Å²) in [5.41, 5.74) is -0.550. The van der Waals surface area contributed by atoms with Gasteiger partial charge in [-0.05, 0) is 32.0 Å². The van der Waals surface area contributed by atoms with Crippen molar-refractivity contribution >= 4 is 5.97 Å². The maximum Gasteiger partial charge on any atom is 0.418 e. The summed E-state index contributed by atoms with van der Waals surface area (Å²) < 4.78 is 44.9. The standard InChI is InChI=1S/C14H13F3N2O2/c1-3-21-13(20)11-8-9(2)19(18-11)12-7-5-4-6-10(12)14(15,16)17/h4-8H,3H2,1-2H3. The second kappa shape index (κ2) is 5.59. The van der Waals surface area contributed by atoms with Crippen LogP contribution in [0.3, 0.4) is 0 Å². The lowest BCUT2D eigenvalue weighted by atomic mass is 10.1. The van der Waals surface area contributed by atoms with E-state index in [2.05, 4.69) is 5.10 Å². The number of carbonyl (C=O) groups excluding carboxylic acids is 1. The molecule has 4 nitrogen and oxygen atoms in total. The van der Waals surface area contributed by atoms with Crippen molar-refractivity contribution in [3.63, 3.8) is 0 Å². The fourth-order valence-electron chi connectivity index (χ4n) is 1.92. The van der Waals surface area contributed by atoms with Crippen molar-refractivity contribution in [3.8, 4) is 5.69 Å². The van der Waals surface area contributed by atoms with Crippen LogP contribution in [-0.2, 0) is 10.9 Å². The number of esters is 1. The number of hydrogen-bond donors (Lipinski definition) is 0. The molecular weight excluding hydrogens is 285 g/mol. The van der Waals surface area contributed by atoms with Gasteiger partial charge < -0.3 is 4.74 Å². The third kappa shape index (κ3) is 3.07. The van der Waals surface area contributed by atoms with Crippen LogP contribution >= 0.6 is 0 Å². The second-order valence-corrected chi connectivity index (χ2v) is 4.32. The van der Waals surface area contributed by atoms with Gasteiger partial charge in [0.05, 0.1) is 17.9 Å².